The van der Waals surface area contributed by atoms with Crippen LogP contribution in [-0.2, 0) is 6.42 Å². The van der Waals surface area contributed by atoms with Crippen molar-refractivity contribution in [1.29, 1.82) is 0 Å². The number of hydrogen-bond donors (Lipinski definition) is 0. The predicted molar refractivity (Wildman–Crippen MR) is 77.2 cm³/mol. The molecule has 0 saturated carbocycles. The highest BCUT2D eigenvalue weighted by molar-refractivity contribution is 7.10. The van der Waals surface area contributed by atoms with Gasteiger partial charge in [0.25, 0.3) is 0 Å². The van der Waals surface area contributed by atoms with E-state index in [0.717, 1.165) is 27.8 Å². The SMILES string of the molecule is Cc1nc(Cc2nc(-c3ccccc3)cs2)cs1. The van der Waals surface area contributed by atoms with Crippen LogP contribution in [-0.4, -0.2) is 9.97 Å². The number of rotatable bonds is 3. The molecular weight excluding hydrogens is 260 g/mol. The summed E-state index contributed by atoms with van der Waals surface area (Å²) in [4.78, 5) is 9.14. The van der Waals surface area contributed by atoms with Crippen LogP contribution in [0.4, 0.5) is 0 Å². The Kier molecular flexibility index (Phi) is 3.21. The number of aryl methyl sites for hydroxylation is 1. The summed E-state index contributed by atoms with van der Waals surface area (Å²) in [6, 6.07) is 10.3. The highest BCUT2D eigenvalue weighted by Gasteiger charge is 2.06. The van der Waals surface area contributed by atoms with Crippen LogP contribution in [0.3, 0.4) is 0 Å². The zero-order chi connectivity index (χ0) is 12.4. The van der Waals surface area contributed by atoms with Crippen LogP contribution in [0.1, 0.15) is 15.7 Å². The zero-order valence-corrected chi connectivity index (χ0v) is 11.6. The minimum atomic E-state index is 0.835. The molecule has 2 aromatic heterocycles. The van der Waals surface area contributed by atoms with Gasteiger partial charge in [-0.3, -0.25) is 0 Å². The normalized spacial score (nSPS) is 10.7. The molecule has 0 bridgehead atoms. The van der Waals surface area contributed by atoms with Crippen molar-refractivity contribution >= 4 is 22.7 Å². The van der Waals surface area contributed by atoms with E-state index in [9.17, 15) is 0 Å². The Hall–Kier alpha value is -1.52. The molecule has 1 aromatic carbocycles. The molecule has 0 aliphatic rings. The van der Waals surface area contributed by atoms with Crippen LogP contribution in [0.2, 0.25) is 0 Å². The lowest BCUT2D eigenvalue weighted by Gasteiger charge is -1.94. The summed E-state index contributed by atoms with van der Waals surface area (Å²) >= 11 is 3.39. The van der Waals surface area contributed by atoms with E-state index in [-0.39, 0.29) is 0 Å². The van der Waals surface area contributed by atoms with Crippen molar-refractivity contribution in [2.24, 2.45) is 0 Å². The average Bonchev–Trinajstić information content (AvgIpc) is 3.01. The molecular formula is C14H12N2S2. The molecule has 0 radical (unpaired) electrons. The second-order valence-electron chi connectivity index (χ2n) is 4.03. The highest BCUT2D eigenvalue weighted by Crippen LogP contribution is 2.23. The lowest BCUT2D eigenvalue weighted by atomic mass is 10.2. The second-order valence-corrected chi connectivity index (χ2v) is 6.03. The van der Waals surface area contributed by atoms with Crippen molar-refractivity contribution < 1.29 is 0 Å². The van der Waals surface area contributed by atoms with E-state index in [1.165, 1.54) is 5.56 Å². The summed E-state index contributed by atoms with van der Waals surface area (Å²) in [5.41, 5.74) is 3.35. The second kappa shape index (κ2) is 5.00. The maximum absolute atomic E-state index is 4.67. The van der Waals surface area contributed by atoms with Crippen molar-refractivity contribution in [1.82, 2.24) is 9.97 Å². The molecule has 18 heavy (non-hydrogen) atoms. The van der Waals surface area contributed by atoms with E-state index < -0.39 is 0 Å². The standard InChI is InChI=1S/C14H12N2S2/c1-10-15-12(8-17-10)7-14-16-13(9-18-14)11-5-3-2-4-6-11/h2-6,8-9H,7H2,1H3. The van der Waals surface area contributed by atoms with Gasteiger partial charge in [-0.05, 0) is 6.92 Å². The summed E-state index contributed by atoms with van der Waals surface area (Å²) in [6.07, 6.45) is 0.835. The van der Waals surface area contributed by atoms with Crippen molar-refractivity contribution in [3.63, 3.8) is 0 Å². The molecule has 2 nitrogen and oxygen atoms in total. The first-order valence-corrected chi connectivity index (χ1v) is 7.48. The van der Waals surface area contributed by atoms with E-state index in [4.69, 9.17) is 0 Å². The first kappa shape index (κ1) is 11.6. The number of aromatic nitrogens is 2. The number of hydrogen-bond acceptors (Lipinski definition) is 4. The van der Waals surface area contributed by atoms with E-state index in [0.29, 0.717) is 0 Å². The van der Waals surface area contributed by atoms with Crippen LogP contribution in [0, 0.1) is 6.92 Å². The van der Waals surface area contributed by atoms with Crippen LogP contribution >= 0.6 is 22.7 Å². The molecule has 3 rings (SSSR count). The molecule has 0 spiro atoms. The summed E-state index contributed by atoms with van der Waals surface area (Å²) < 4.78 is 0. The van der Waals surface area contributed by atoms with Crippen LogP contribution < -0.4 is 0 Å². The van der Waals surface area contributed by atoms with Crippen LogP contribution in [0.25, 0.3) is 11.3 Å². The van der Waals surface area contributed by atoms with Crippen molar-refractivity contribution in [3.8, 4) is 11.3 Å². The van der Waals surface area contributed by atoms with Gasteiger partial charge in [-0.2, -0.15) is 0 Å². The summed E-state index contributed by atoms with van der Waals surface area (Å²) in [5.74, 6) is 0. The number of nitrogens with zero attached hydrogens (tertiary/aromatic N) is 2. The van der Waals surface area contributed by atoms with Gasteiger partial charge in [-0.1, -0.05) is 30.3 Å². The molecule has 0 amide bonds. The Morgan fingerprint density at radius 3 is 2.56 bits per heavy atom. The van der Waals surface area contributed by atoms with Gasteiger partial charge in [-0.25, -0.2) is 9.97 Å². The topological polar surface area (TPSA) is 25.8 Å². The predicted octanol–water partition coefficient (Wildman–Crippen LogP) is 4.17. The number of benzene rings is 1. The Bertz CT molecular complexity index is 641. The molecule has 0 atom stereocenters. The molecule has 0 saturated heterocycles. The average molecular weight is 272 g/mol. The molecule has 0 unspecified atom stereocenters. The van der Waals surface area contributed by atoms with Gasteiger partial charge >= 0.3 is 0 Å². The lowest BCUT2D eigenvalue weighted by Crippen LogP contribution is -1.87. The fourth-order valence-corrected chi connectivity index (χ4v) is 3.21. The molecule has 0 aliphatic carbocycles. The Morgan fingerprint density at radius 1 is 1.00 bits per heavy atom. The molecule has 4 heteroatoms. The first-order chi connectivity index (χ1) is 8.81. The number of thiazole rings is 2. The zero-order valence-electron chi connectivity index (χ0n) is 9.96. The first-order valence-electron chi connectivity index (χ1n) is 5.72. The third kappa shape index (κ3) is 2.49. The fraction of sp³-hybridized carbons (Fsp3) is 0.143. The van der Waals surface area contributed by atoms with Gasteiger partial charge in [-0.15, -0.1) is 22.7 Å². The summed E-state index contributed by atoms with van der Waals surface area (Å²) in [5, 5.41) is 6.46. The van der Waals surface area contributed by atoms with Crippen molar-refractivity contribution in [2.75, 3.05) is 0 Å². The third-order valence-corrected chi connectivity index (χ3v) is 4.29. The largest absolute Gasteiger partial charge is 0.246 e. The van der Waals surface area contributed by atoms with E-state index in [1.54, 1.807) is 22.7 Å². The smallest absolute Gasteiger partial charge is 0.0992 e. The Morgan fingerprint density at radius 2 is 1.83 bits per heavy atom. The maximum atomic E-state index is 4.67. The van der Waals surface area contributed by atoms with Crippen LogP contribution in [0.5, 0.6) is 0 Å². The van der Waals surface area contributed by atoms with Gasteiger partial charge in [0.2, 0.25) is 0 Å². The Labute approximate surface area is 114 Å². The van der Waals surface area contributed by atoms with E-state index >= 15 is 0 Å². The Balaban J connectivity index is 1.82. The molecule has 2 heterocycles. The van der Waals surface area contributed by atoms with Gasteiger partial charge < -0.3 is 0 Å². The monoisotopic (exact) mass is 272 g/mol. The molecule has 0 N–H and O–H groups in total. The summed E-state index contributed by atoms with van der Waals surface area (Å²) in [7, 11) is 0. The van der Waals surface area contributed by atoms with Gasteiger partial charge in [0.15, 0.2) is 0 Å². The van der Waals surface area contributed by atoms with Crippen molar-refractivity contribution in [3.05, 3.63) is 56.8 Å². The van der Waals surface area contributed by atoms with E-state index in [2.05, 4.69) is 32.9 Å². The lowest BCUT2D eigenvalue weighted by molar-refractivity contribution is 1.06. The fourth-order valence-electron chi connectivity index (χ4n) is 1.78. The van der Waals surface area contributed by atoms with Gasteiger partial charge in [0, 0.05) is 22.7 Å². The molecule has 0 aliphatic heterocycles. The molecule has 0 fully saturated rings. The van der Waals surface area contributed by atoms with Gasteiger partial charge in [0.05, 0.1) is 21.4 Å². The maximum Gasteiger partial charge on any atom is 0.0992 e. The molecule has 90 valence electrons. The molecule has 3 aromatic rings. The quantitative estimate of drug-likeness (QED) is 0.715. The van der Waals surface area contributed by atoms with Crippen LogP contribution in [0.15, 0.2) is 41.1 Å². The minimum Gasteiger partial charge on any atom is -0.246 e. The van der Waals surface area contributed by atoms with Crippen molar-refractivity contribution in [2.45, 2.75) is 13.3 Å². The minimum absolute atomic E-state index is 0.835. The summed E-state index contributed by atoms with van der Waals surface area (Å²) in [6.45, 7) is 2.03. The highest BCUT2D eigenvalue weighted by atomic mass is 32.1. The van der Waals surface area contributed by atoms with E-state index in [1.807, 2.05) is 25.1 Å². The van der Waals surface area contributed by atoms with Gasteiger partial charge in [0.1, 0.15) is 0 Å². The third-order valence-electron chi connectivity index (χ3n) is 2.62.